The van der Waals surface area contributed by atoms with E-state index in [1.54, 1.807) is 16.0 Å². The molecule has 0 unspecified atom stereocenters. The first-order valence-corrected chi connectivity index (χ1v) is 6.60. The fourth-order valence-electron chi connectivity index (χ4n) is 1.70. The standard InChI is InChI=1S/C13H16N2OS/c1-3-11-5-7-13(17-11)12(16)6-4-10-8-14-15(2)9-10/h5,7-9H,3-4,6H2,1-2H3. The summed E-state index contributed by atoms with van der Waals surface area (Å²) in [7, 11) is 1.89. The number of rotatable bonds is 5. The minimum atomic E-state index is 0.235. The van der Waals surface area contributed by atoms with E-state index < -0.39 is 0 Å². The first-order chi connectivity index (χ1) is 8.19. The molecule has 0 saturated carbocycles. The molecule has 0 spiro atoms. The Bertz CT molecular complexity index is 513. The molecule has 2 rings (SSSR count). The van der Waals surface area contributed by atoms with Crippen LogP contribution in [0.1, 0.15) is 33.5 Å². The van der Waals surface area contributed by atoms with Crippen LogP contribution in [0.15, 0.2) is 24.5 Å². The maximum Gasteiger partial charge on any atom is 0.173 e. The van der Waals surface area contributed by atoms with Gasteiger partial charge in [0.2, 0.25) is 0 Å². The van der Waals surface area contributed by atoms with Crippen LogP contribution in [0.4, 0.5) is 0 Å². The summed E-state index contributed by atoms with van der Waals surface area (Å²) in [6, 6.07) is 3.98. The van der Waals surface area contributed by atoms with Crippen molar-refractivity contribution in [2.24, 2.45) is 7.05 Å². The molecule has 0 amide bonds. The first kappa shape index (κ1) is 12.0. The number of aryl methyl sites for hydroxylation is 3. The Labute approximate surface area is 105 Å². The molecule has 17 heavy (non-hydrogen) atoms. The van der Waals surface area contributed by atoms with Crippen molar-refractivity contribution in [3.63, 3.8) is 0 Å². The highest BCUT2D eigenvalue weighted by atomic mass is 32.1. The van der Waals surface area contributed by atoms with E-state index in [9.17, 15) is 4.79 Å². The van der Waals surface area contributed by atoms with Gasteiger partial charge in [0.05, 0.1) is 11.1 Å². The monoisotopic (exact) mass is 248 g/mol. The molecule has 0 fully saturated rings. The molecule has 4 heteroatoms. The topological polar surface area (TPSA) is 34.9 Å². The van der Waals surface area contributed by atoms with Gasteiger partial charge in [0, 0.05) is 24.5 Å². The van der Waals surface area contributed by atoms with Crippen molar-refractivity contribution >= 4 is 17.1 Å². The highest BCUT2D eigenvalue weighted by Crippen LogP contribution is 2.19. The zero-order valence-electron chi connectivity index (χ0n) is 10.1. The van der Waals surface area contributed by atoms with Gasteiger partial charge in [-0.3, -0.25) is 9.48 Å². The lowest BCUT2D eigenvalue weighted by Gasteiger charge is -1.96. The van der Waals surface area contributed by atoms with Gasteiger partial charge in [-0.1, -0.05) is 6.92 Å². The van der Waals surface area contributed by atoms with Crippen LogP contribution in [-0.4, -0.2) is 15.6 Å². The number of ketones is 1. The summed E-state index contributed by atoms with van der Waals surface area (Å²) in [5.41, 5.74) is 1.12. The lowest BCUT2D eigenvalue weighted by molar-refractivity contribution is 0.0986. The average Bonchev–Trinajstić information content (AvgIpc) is 2.94. The van der Waals surface area contributed by atoms with Gasteiger partial charge in [-0.2, -0.15) is 5.10 Å². The molecule has 0 saturated heterocycles. The fraction of sp³-hybridized carbons (Fsp3) is 0.385. The van der Waals surface area contributed by atoms with Crippen molar-refractivity contribution in [2.75, 3.05) is 0 Å². The lowest BCUT2D eigenvalue weighted by Crippen LogP contribution is -1.98. The summed E-state index contributed by atoms with van der Waals surface area (Å²) in [5, 5.41) is 4.09. The van der Waals surface area contributed by atoms with Crippen LogP contribution in [0.2, 0.25) is 0 Å². The van der Waals surface area contributed by atoms with Crippen molar-refractivity contribution in [2.45, 2.75) is 26.2 Å². The lowest BCUT2D eigenvalue weighted by atomic mass is 10.1. The van der Waals surface area contributed by atoms with E-state index in [2.05, 4.69) is 12.0 Å². The molecule has 2 aromatic heterocycles. The number of carbonyl (C=O) groups is 1. The Hall–Kier alpha value is -1.42. The van der Waals surface area contributed by atoms with Crippen LogP contribution >= 0.6 is 11.3 Å². The van der Waals surface area contributed by atoms with E-state index in [-0.39, 0.29) is 5.78 Å². The van der Waals surface area contributed by atoms with E-state index in [1.165, 1.54) is 4.88 Å². The first-order valence-electron chi connectivity index (χ1n) is 5.78. The maximum atomic E-state index is 11.9. The Morgan fingerprint density at radius 3 is 2.88 bits per heavy atom. The molecule has 0 aromatic carbocycles. The molecule has 0 bridgehead atoms. The minimum Gasteiger partial charge on any atom is -0.293 e. The van der Waals surface area contributed by atoms with Crippen LogP contribution in [0.25, 0.3) is 0 Å². The van der Waals surface area contributed by atoms with Gasteiger partial charge in [0.25, 0.3) is 0 Å². The zero-order chi connectivity index (χ0) is 12.3. The Balaban J connectivity index is 1.93. The van der Waals surface area contributed by atoms with Gasteiger partial charge in [0.15, 0.2) is 5.78 Å². The fourth-order valence-corrected chi connectivity index (χ4v) is 2.61. The van der Waals surface area contributed by atoms with E-state index in [1.807, 2.05) is 31.6 Å². The molecular weight excluding hydrogens is 232 g/mol. The molecule has 2 heterocycles. The number of thiophene rings is 1. The van der Waals surface area contributed by atoms with Gasteiger partial charge in [-0.15, -0.1) is 11.3 Å². The Morgan fingerprint density at radius 2 is 2.29 bits per heavy atom. The summed E-state index contributed by atoms with van der Waals surface area (Å²) in [5.74, 6) is 0.235. The van der Waals surface area contributed by atoms with Crippen molar-refractivity contribution in [3.05, 3.63) is 39.8 Å². The molecule has 3 nitrogen and oxygen atoms in total. The van der Waals surface area contributed by atoms with E-state index >= 15 is 0 Å². The average molecular weight is 248 g/mol. The number of hydrogen-bond acceptors (Lipinski definition) is 3. The molecule has 90 valence electrons. The molecule has 2 aromatic rings. The molecule has 0 aliphatic rings. The van der Waals surface area contributed by atoms with Gasteiger partial charge in [-0.05, 0) is 30.5 Å². The van der Waals surface area contributed by atoms with Crippen LogP contribution < -0.4 is 0 Å². The number of hydrogen-bond donors (Lipinski definition) is 0. The van der Waals surface area contributed by atoms with Gasteiger partial charge in [-0.25, -0.2) is 0 Å². The van der Waals surface area contributed by atoms with Crippen molar-refractivity contribution in [3.8, 4) is 0 Å². The van der Waals surface area contributed by atoms with Crippen LogP contribution in [0.3, 0.4) is 0 Å². The van der Waals surface area contributed by atoms with Gasteiger partial charge >= 0.3 is 0 Å². The van der Waals surface area contributed by atoms with Crippen LogP contribution in [0.5, 0.6) is 0 Å². The molecule has 0 atom stereocenters. The Morgan fingerprint density at radius 1 is 1.47 bits per heavy atom. The van der Waals surface area contributed by atoms with Crippen LogP contribution in [-0.2, 0) is 19.9 Å². The number of Topliss-reactive ketones (excluding diaryl/α,β-unsaturated/α-hetero) is 1. The van der Waals surface area contributed by atoms with Crippen molar-refractivity contribution < 1.29 is 4.79 Å². The SMILES string of the molecule is CCc1ccc(C(=O)CCc2cnn(C)c2)s1. The summed E-state index contributed by atoms with van der Waals surface area (Å²) >= 11 is 1.61. The molecule has 0 radical (unpaired) electrons. The number of nitrogens with zero attached hydrogens (tertiary/aromatic N) is 2. The van der Waals surface area contributed by atoms with Gasteiger partial charge < -0.3 is 0 Å². The quantitative estimate of drug-likeness (QED) is 0.763. The molecule has 0 aliphatic heterocycles. The van der Waals surface area contributed by atoms with Crippen LogP contribution in [0, 0.1) is 0 Å². The second kappa shape index (κ2) is 5.27. The van der Waals surface area contributed by atoms with Crippen molar-refractivity contribution in [1.29, 1.82) is 0 Å². The third kappa shape index (κ3) is 3.03. The summed E-state index contributed by atoms with van der Waals surface area (Å²) in [6.07, 6.45) is 6.11. The molecule has 0 aliphatic carbocycles. The number of carbonyl (C=O) groups excluding carboxylic acids is 1. The summed E-state index contributed by atoms with van der Waals surface area (Å²) in [4.78, 5) is 14.1. The molecule has 0 N–H and O–H groups in total. The zero-order valence-corrected chi connectivity index (χ0v) is 11.0. The largest absolute Gasteiger partial charge is 0.293 e. The van der Waals surface area contributed by atoms with Crippen molar-refractivity contribution in [1.82, 2.24) is 9.78 Å². The minimum absolute atomic E-state index is 0.235. The van der Waals surface area contributed by atoms with E-state index in [4.69, 9.17) is 0 Å². The maximum absolute atomic E-state index is 11.9. The third-order valence-electron chi connectivity index (χ3n) is 2.68. The summed E-state index contributed by atoms with van der Waals surface area (Å²) < 4.78 is 1.76. The predicted octanol–water partition coefficient (Wildman–Crippen LogP) is 2.86. The normalized spacial score (nSPS) is 10.7. The Kier molecular flexibility index (Phi) is 3.74. The highest BCUT2D eigenvalue weighted by Gasteiger charge is 2.09. The predicted molar refractivity (Wildman–Crippen MR) is 69.6 cm³/mol. The smallest absolute Gasteiger partial charge is 0.173 e. The second-order valence-electron chi connectivity index (χ2n) is 4.06. The van der Waals surface area contributed by atoms with E-state index in [0.717, 1.165) is 23.3 Å². The van der Waals surface area contributed by atoms with E-state index in [0.29, 0.717) is 6.42 Å². The second-order valence-corrected chi connectivity index (χ2v) is 5.23. The molecular formula is C13H16N2OS. The summed E-state index contributed by atoms with van der Waals surface area (Å²) in [6.45, 7) is 2.11. The van der Waals surface area contributed by atoms with Gasteiger partial charge in [0.1, 0.15) is 0 Å². The highest BCUT2D eigenvalue weighted by molar-refractivity contribution is 7.14. The number of aromatic nitrogens is 2. The third-order valence-corrected chi connectivity index (χ3v) is 3.95.